The van der Waals surface area contributed by atoms with Crippen LogP contribution in [0.3, 0.4) is 0 Å². The predicted molar refractivity (Wildman–Crippen MR) is 72.5 cm³/mol. The number of aromatic nitrogens is 1. The van der Waals surface area contributed by atoms with Crippen LogP contribution >= 0.6 is 11.6 Å². The van der Waals surface area contributed by atoms with E-state index in [0.29, 0.717) is 17.7 Å². The number of hydrogen-bond acceptors (Lipinski definition) is 3. The van der Waals surface area contributed by atoms with E-state index in [0.717, 1.165) is 0 Å². The number of halogens is 1. The summed E-state index contributed by atoms with van der Waals surface area (Å²) >= 11 is 5.86. The molecule has 0 aromatic carbocycles. The smallest absolute Gasteiger partial charge is 0.326 e. The summed E-state index contributed by atoms with van der Waals surface area (Å²) in [5.41, 5.74) is 1.02. The lowest BCUT2D eigenvalue weighted by Crippen LogP contribution is -2.40. The Bertz CT molecular complexity index is 489. The van der Waals surface area contributed by atoms with Gasteiger partial charge in [-0.05, 0) is 24.5 Å². The van der Waals surface area contributed by atoms with Crippen molar-refractivity contribution < 1.29 is 14.7 Å². The largest absolute Gasteiger partial charge is 0.480 e. The molecular weight excluding hydrogens is 268 g/mol. The summed E-state index contributed by atoms with van der Waals surface area (Å²) in [5, 5.41) is 11.6. The molecule has 0 aliphatic carbocycles. The van der Waals surface area contributed by atoms with Crippen LogP contribution in [-0.4, -0.2) is 28.0 Å². The van der Waals surface area contributed by atoms with Crippen molar-refractivity contribution in [1.82, 2.24) is 10.3 Å². The normalized spacial score (nSPS) is 12.3. The topological polar surface area (TPSA) is 79.3 Å². The number of carbonyl (C=O) groups excluding carboxylic acids is 1. The maximum Gasteiger partial charge on any atom is 0.326 e. The van der Waals surface area contributed by atoms with Crippen molar-refractivity contribution in [1.29, 1.82) is 0 Å². The first-order valence-corrected chi connectivity index (χ1v) is 6.44. The monoisotopic (exact) mass is 284 g/mol. The maximum atomic E-state index is 12.0. The lowest BCUT2D eigenvalue weighted by Gasteiger charge is -2.13. The number of rotatable bonds is 5. The Morgan fingerprint density at radius 2 is 2.05 bits per heavy atom. The summed E-state index contributed by atoms with van der Waals surface area (Å²) in [6, 6.07) is 2.15. The van der Waals surface area contributed by atoms with Crippen LogP contribution in [0.4, 0.5) is 0 Å². The quantitative estimate of drug-likeness (QED) is 0.814. The van der Waals surface area contributed by atoms with Gasteiger partial charge in [-0.15, -0.1) is 0 Å². The molecule has 0 unspecified atom stereocenters. The van der Waals surface area contributed by atoms with E-state index in [2.05, 4.69) is 10.3 Å². The van der Waals surface area contributed by atoms with Crippen LogP contribution in [0.15, 0.2) is 12.1 Å². The van der Waals surface area contributed by atoms with Crippen LogP contribution < -0.4 is 5.32 Å². The van der Waals surface area contributed by atoms with Crippen molar-refractivity contribution in [3.05, 3.63) is 28.5 Å². The van der Waals surface area contributed by atoms with Crippen molar-refractivity contribution in [3.8, 4) is 0 Å². The number of aliphatic carboxylic acids is 1. The molecule has 0 bridgehead atoms. The molecule has 1 heterocycles. The first kappa shape index (κ1) is 15.4. The molecule has 1 atom stereocenters. The Hall–Kier alpha value is -1.62. The SMILES string of the molecule is CC[C@@H](NC(=O)c1cc(Cl)nc(C(C)C)c1)C(=O)O. The zero-order valence-electron chi connectivity index (χ0n) is 11.1. The van der Waals surface area contributed by atoms with Crippen LogP contribution in [0.5, 0.6) is 0 Å². The van der Waals surface area contributed by atoms with Crippen LogP contribution in [-0.2, 0) is 4.79 Å². The van der Waals surface area contributed by atoms with Gasteiger partial charge in [0.2, 0.25) is 0 Å². The highest BCUT2D eigenvalue weighted by Crippen LogP contribution is 2.17. The zero-order chi connectivity index (χ0) is 14.6. The number of nitrogens with zero attached hydrogens (tertiary/aromatic N) is 1. The third kappa shape index (κ3) is 4.21. The van der Waals surface area contributed by atoms with Crippen molar-refractivity contribution >= 4 is 23.5 Å². The van der Waals surface area contributed by atoms with Crippen molar-refractivity contribution in [3.63, 3.8) is 0 Å². The Labute approximate surface area is 117 Å². The molecule has 0 saturated carbocycles. The third-order valence-corrected chi connectivity index (χ3v) is 2.87. The maximum absolute atomic E-state index is 12.0. The van der Waals surface area contributed by atoms with Gasteiger partial charge in [0.15, 0.2) is 0 Å². The van der Waals surface area contributed by atoms with E-state index in [1.54, 1.807) is 13.0 Å². The Morgan fingerprint density at radius 3 is 2.53 bits per heavy atom. The molecule has 0 spiro atoms. The van der Waals surface area contributed by atoms with E-state index in [4.69, 9.17) is 16.7 Å². The van der Waals surface area contributed by atoms with Gasteiger partial charge in [0.25, 0.3) is 5.91 Å². The molecule has 0 radical (unpaired) electrons. The summed E-state index contributed by atoms with van der Waals surface area (Å²) < 4.78 is 0. The van der Waals surface area contributed by atoms with Crippen molar-refractivity contribution in [2.24, 2.45) is 0 Å². The summed E-state index contributed by atoms with van der Waals surface area (Å²) in [6.45, 7) is 5.57. The molecule has 1 amide bonds. The minimum Gasteiger partial charge on any atom is -0.480 e. The number of amides is 1. The Morgan fingerprint density at radius 1 is 1.42 bits per heavy atom. The van der Waals surface area contributed by atoms with Crippen LogP contribution in [0, 0.1) is 0 Å². The van der Waals surface area contributed by atoms with Crippen molar-refractivity contribution in [2.45, 2.75) is 39.2 Å². The van der Waals surface area contributed by atoms with Gasteiger partial charge < -0.3 is 10.4 Å². The second-order valence-electron chi connectivity index (χ2n) is 4.53. The molecule has 2 N–H and O–H groups in total. The van der Waals surface area contributed by atoms with Gasteiger partial charge in [0.1, 0.15) is 11.2 Å². The highest BCUT2D eigenvalue weighted by atomic mass is 35.5. The number of pyridine rings is 1. The zero-order valence-corrected chi connectivity index (χ0v) is 11.9. The van der Waals surface area contributed by atoms with Crippen LogP contribution in [0.25, 0.3) is 0 Å². The number of nitrogens with one attached hydrogen (secondary N) is 1. The standard InChI is InChI=1S/C13H17ClN2O3/c1-4-9(13(18)19)16-12(17)8-5-10(7(2)3)15-11(14)6-8/h5-7,9H,4H2,1-3H3,(H,16,17)(H,18,19)/t9-/m1/s1. The molecule has 1 rings (SSSR count). The number of hydrogen-bond donors (Lipinski definition) is 2. The van der Waals surface area contributed by atoms with E-state index in [1.165, 1.54) is 6.07 Å². The van der Waals surface area contributed by atoms with E-state index < -0.39 is 17.9 Å². The van der Waals surface area contributed by atoms with Gasteiger partial charge in [-0.25, -0.2) is 9.78 Å². The average molecular weight is 285 g/mol. The van der Waals surface area contributed by atoms with Gasteiger partial charge >= 0.3 is 5.97 Å². The second-order valence-corrected chi connectivity index (χ2v) is 4.92. The third-order valence-electron chi connectivity index (χ3n) is 2.68. The highest BCUT2D eigenvalue weighted by molar-refractivity contribution is 6.29. The van der Waals surface area contributed by atoms with E-state index >= 15 is 0 Å². The van der Waals surface area contributed by atoms with Crippen LogP contribution in [0.1, 0.15) is 49.2 Å². The second kappa shape index (κ2) is 6.52. The molecule has 0 saturated heterocycles. The molecule has 1 aromatic rings. The molecule has 0 aliphatic heterocycles. The minimum absolute atomic E-state index is 0.131. The summed E-state index contributed by atoms with van der Waals surface area (Å²) in [5.74, 6) is -1.38. The van der Waals surface area contributed by atoms with E-state index in [9.17, 15) is 9.59 Å². The molecule has 0 aliphatic rings. The fraction of sp³-hybridized carbons (Fsp3) is 0.462. The molecular formula is C13H17ClN2O3. The first-order valence-electron chi connectivity index (χ1n) is 6.06. The van der Waals surface area contributed by atoms with E-state index in [-0.39, 0.29) is 11.1 Å². The summed E-state index contributed by atoms with van der Waals surface area (Å²) in [7, 11) is 0. The van der Waals surface area contributed by atoms with Gasteiger partial charge in [-0.2, -0.15) is 0 Å². The minimum atomic E-state index is -1.06. The molecule has 1 aromatic heterocycles. The molecule has 104 valence electrons. The Kier molecular flexibility index (Phi) is 5.30. The first-order chi connectivity index (χ1) is 8.85. The predicted octanol–water partition coefficient (Wildman–Crippen LogP) is 2.45. The number of carboxylic acid groups (broad SMARTS) is 1. The lowest BCUT2D eigenvalue weighted by atomic mass is 10.1. The fourth-order valence-electron chi connectivity index (χ4n) is 1.52. The van der Waals surface area contributed by atoms with Gasteiger partial charge in [-0.3, -0.25) is 4.79 Å². The van der Waals surface area contributed by atoms with Gasteiger partial charge in [0.05, 0.1) is 0 Å². The molecule has 5 nitrogen and oxygen atoms in total. The highest BCUT2D eigenvalue weighted by Gasteiger charge is 2.19. The average Bonchev–Trinajstić information content (AvgIpc) is 2.34. The molecule has 19 heavy (non-hydrogen) atoms. The van der Waals surface area contributed by atoms with E-state index in [1.807, 2.05) is 13.8 Å². The summed E-state index contributed by atoms with van der Waals surface area (Å²) in [4.78, 5) is 27.0. The number of carbonyl (C=O) groups is 2. The lowest BCUT2D eigenvalue weighted by molar-refractivity contribution is -0.139. The molecule has 6 heteroatoms. The Balaban J connectivity index is 2.96. The van der Waals surface area contributed by atoms with Gasteiger partial charge in [0, 0.05) is 11.3 Å². The fourth-order valence-corrected chi connectivity index (χ4v) is 1.74. The van der Waals surface area contributed by atoms with Crippen LogP contribution in [0.2, 0.25) is 5.15 Å². The van der Waals surface area contributed by atoms with Crippen molar-refractivity contribution in [2.75, 3.05) is 0 Å². The summed E-state index contributed by atoms with van der Waals surface area (Å²) in [6.07, 6.45) is 0.316. The molecule has 0 fully saturated rings. The number of carboxylic acids is 1. The van der Waals surface area contributed by atoms with Gasteiger partial charge in [-0.1, -0.05) is 32.4 Å².